The summed E-state index contributed by atoms with van der Waals surface area (Å²) >= 11 is 0. The zero-order chi connectivity index (χ0) is 21.3. The van der Waals surface area contributed by atoms with E-state index in [9.17, 15) is 4.79 Å². The Balaban J connectivity index is 1.45. The molecule has 1 saturated heterocycles. The molecule has 3 aromatic heterocycles. The third-order valence-corrected chi connectivity index (χ3v) is 6.69. The van der Waals surface area contributed by atoms with Crippen molar-refractivity contribution in [2.24, 2.45) is 0 Å². The number of aromatic nitrogens is 5. The van der Waals surface area contributed by atoms with E-state index in [0.717, 1.165) is 49.1 Å². The van der Waals surface area contributed by atoms with Crippen LogP contribution in [-0.2, 0) is 0 Å². The molecule has 7 nitrogen and oxygen atoms in total. The smallest absolute Gasteiger partial charge is 0.277 e. The maximum Gasteiger partial charge on any atom is 0.277 e. The Kier molecular flexibility index (Phi) is 3.87. The summed E-state index contributed by atoms with van der Waals surface area (Å²) in [5.41, 5.74) is 3.65. The van der Waals surface area contributed by atoms with Gasteiger partial charge in [0.15, 0.2) is 5.65 Å². The fourth-order valence-corrected chi connectivity index (χ4v) is 4.91. The van der Waals surface area contributed by atoms with Crippen LogP contribution in [0.1, 0.15) is 43.0 Å². The van der Waals surface area contributed by atoms with Crippen LogP contribution in [0.2, 0.25) is 0 Å². The van der Waals surface area contributed by atoms with Crippen LogP contribution in [-0.4, -0.2) is 36.5 Å². The second kappa shape index (κ2) is 6.43. The van der Waals surface area contributed by atoms with Gasteiger partial charge in [-0.25, -0.2) is 18.6 Å². The summed E-state index contributed by atoms with van der Waals surface area (Å²) in [6.45, 7) is 4.73. The molecule has 0 unspecified atom stereocenters. The van der Waals surface area contributed by atoms with Gasteiger partial charge in [-0.2, -0.15) is 10.2 Å². The van der Waals surface area contributed by atoms with Crippen molar-refractivity contribution in [3.05, 3.63) is 58.0 Å². The Morgan fingerprint density at radius 1 is 1.23 bits per heavy atom. The van der Waals surface area contributed by atoms with Crippen molar-refractivity contribution in [3.8, 4) is 11.3 Å². The highest BCUT2D eigenvalue weighted by Gasteiger charge is 2.46. The van der Waals surface area contributed by atoms with E-state index in [2.05, 4.69) is 20.5 Å². The lowest BCUT2D eigenvalue weighted by molar-refractivity contribution is 0.264. The summed E-state index contributed by atoms with van der Waals surface area (Å²) in [4.78, 5) is 17.6. The zero-order valence-electron chi connectivity index (χ0n) is 17.5. The van der Waals surface area contributed by atoms with E-state index in [1.165, 1.54) is 10.7 Å². The molecule has 1 saturated carbocycles. The molecular weight excluding hydrogens is 395 g/mol. The summed E-state index contributed by atoms with van der Waals surface area (Å²) in [7, 11) is 0. The van der Waals surface area contributed by atoms with Crippen molar-refractivity contribution in [1.29, 1.82) is 0 Å². The minimum atomic E-state index is -0.537. The van der Waals surface area contributed by atoms with E-state index >= 15 is 4.39 Å². The Bertz CT molecular complexity index is 1420. The van der Waals surface area contributed by atoms with Crippen LogP contribution in [0.3, 0.4) is 0 Å². The summed E-state index contributed by atoms with van der Waals surface area (Å²) in [6.07, 6.45) is 7.42. The molecule has 1 N–H and O–H groups in total. The summed E-state index contributed by atoms with van der Waals surface area (Å²) in [5, 5.41) is 13.2. The molecule has 1 aliphatic heterocycles. The number of rotatable bonds is 2. The second-order valence-corrected chi connectivity index (χ2v) is 9.03. The molecule has 0 radical (unpaired) electrons. The maximum absolute atomic E-state index is 15.2. The lowest BCUT2D eigenvalue weighted by Crippen LogP contribution is -2.43. The van der Waals surface area contributed by atoms with Gasteiger partial charge in [-0.3, -0.25) is 4.79 Å². The first-order valence-electron chi connectivity index (χ1n) is 10.7. The number of nitrogens with one attached hydrogen (secondary N) is 1. The van der Waals surface area contributed by atoms with E-state index in [4.69, 9.17) is 0 Å². The van der Waals surface area contributed by atoms with Crippen LogP contribution in [0.5, 0.6) is 0 Å². The number of hydrogen-bond acceptors (Lipinski definition) is 5. The fourth-order valence-electron chi connectivity index (χ4n) is 4.91. The molecule has 1 spiro atoms. The van der Waals surface area contributed by atoms with Crippen LogP contribution in [0.25, 0.3) is 27.7 Å². The Morgan fingerprint density at radius 2 is 2.06 bits per heavy atom. The van der Waals surface area contributed by atoms with Crippen molar-refractivity contribution >= 4 is 16.4 Å². The molecule has 2 fully saturated rings. The highest BCUT2D eigenvalue weighted by Crippen LogP contribution is 2.45. The van der Waals surface area contributed by atoms with Crippen LogP contribution in [0.15, 0.2) is 35.4 Å². The van der Waals surface area contributed by atoms with Gasteiger partial charge < -0.3 is 5.32 Å². The van der Waals surface area contributed by atoms with Crippen molar-refractivity contribution < 1.29 is 4.39 Å². The fraction of sp³-hybridized carbons (Fsp3) is 0.391. The maximum atomic E-state index is 15.2. The molecule has 4 aromatic rings. The number of hydrogen-bond donors (Lipinski definition) is 1. The molecular formula is C23H23FN6O. The van der Waals surface area contributed by atoms with Gasteiger partial charge in [0.05, 0.1) is 35.2 Å². The average molecular weight is 418 g/mol. The van der Waals surface area contributed by atoms with Crippen molar-refractivity contribution in [2.45, 2.75) is 51.1 Å². The Hall–Kier alpha value is -3.13. The summed E-state index contributed by atoms with van der Waals surface area (Å²) < 4.78 is 18.4. The van der Waals surface area contributed by atoms with Crippen LogP contribution in [0.4, 0.5) is 4.39 Å². The minimum absolute atomic E-state index is 0.0101. The van der Waals surface area contributed by atoms with Gasteiger partial charge in [0, 0.05) is 16.5 Å². The van der Waals surface area contributed by atoms with E-state index in [0.29, 0.717) is 16.6 Å². The van der Waals surface area contributed by atoms with Crippen molar-refractivity contribution in [3.63, 3.8) is 0 Å². The van der Waals surface area contributed by atoms with Gasteiger partial charge in [-0.05, 0) is 69.8 Å². The quantitative estimate of drug-likeness (QED) is 0.540. The summed E-state index contributed by atoms with van der Waals surface area (Å²) in [6, 6.07) is 5.09. The predicted octanol–water partition coefficient (Wildman–Crippen LogP) is 3.32. The molecule has 1 aliphatic carbocycles. The van der Waals surface area contributed by atoms with E-state index in [1.807, 2.05) is 26.1 Å². The van der Waals surface area contributed by atoms with Gasteiger partial charge >= 0.3 is 0 Å². The lowest BCUT2D eigenvalue weighted by atomic mass is 9.97. The Morgan fingerprint density at radius 3 is 2.87 bits per heavy atom. The largest absolute Gasteiger partial charge is 0.311 e. The zero-order valence-corrected chi connectivity index (χ0v) is 17.5. The molecule has 2 aliphatic rings. The number of piperidine rings is 1. The number of imidazole rings is 1. The lowest BCUT2D eigenvalue weighted by Gasteiger charge is -2.30. The van der Waals surface area contributed by atoms with Crippen molar-refractivity contribution in [1.82, 2.24) is 29.7 Å². The normalized spacial score (nSPS) is 20.0. The van der Waals surface area contributed by atoms with E-state index in [-0.39, 0.29) is 22.5 Å². The molecule has 0 bridgehead atoms. The predicted molar refractivity (Wildman–Crippen MR) is 116 cm³/mol. The number of nitrogens with zero attached hydrogens (tertiary/aromatic N) is 5. The summed E-state index contributed by atoms with van der Waals surface area (Å²) in [5.74, 6) is -0.537. The highest BCUT2D eigenvalue weighted by atomic mass is 19.1. The topological polar surface area (TPSA) is 77.1 Å². The minimum Gasteiger partial charge on any atom is -0.311 e. The van der Waals surface area contributed by atoms with Crippen LogP contribution in [0, 0.1) is 19.7 Å². The van der Waals surface area contributed by atoms with Crippen molar-refractivity contribution in [2.75, 3.05) is 6.54 Å². The molecule has 4 heterocycles. The first kappa shape index (κ1) is 18.6. The monoisotopic (exact) mass is 418 g/mol. The molecule has 1 aromatic carbocycles. The first-order valence-corrected chi connectivity index (χ1v) is 10.7. The van der Waals surface area contributed by atoms with Gasteiger partial charge in [-0.15, -0.1) is 0 Å². The third kappa shape index (κ3) is 2.96. The van der Waals surface area contributed by atoms with Gasteiger partial charge in [-0.1, -0.05) is 0 Å². The number of halogens is 1. The SMILES string of the molecule is Cc1cn2nc(-c3cc(F)c4c(=O)n([C@H]5CCNC6(CC6)C5)ncc4c3)cc(C)c2n1. The van der Waals surface area contributed by atoms with Gasteiger partial charge in [0.25, 0.3) is 5.56 Å². The molecule has 31 heavy (non-hydrogen) atoms. The van der Waals surface area contributed by atoms with Crippen LogP contribution >= 0.6 is 0 Å². The van der Waals surface area contributed by atoms with E-state index in [1.54, 1.807) is 16.8 Å². The van der Waals surface area contributed by atoms with Gasteiger partial charge in [0.1, 0.15) is 5.82 Å². The number of benzene rings is 1. The third-order valence-electron chi connectivity index (χ3n) is 6.69. The second-order valence-electron chi connectivity index (χ2n) is 9.03. The van der Waals surface area contributed by atoms with Crippen LogP contribution < -0.4 is 10.9 Å². The van der Waals surface area contributed by atoms with E-state index < -0.39 is 5.82 Å². The molecule has 1 atom stereocenters. The molecule has 8 heteroatoms. The first-order chi connectivity index (χ1) is 14.9. The molecule has 0 amide bonds. The number of fused-ring (bicyclic) bond motifs is 2. The molecule has 6 rings (SSSR count). The molecule has 158 valence electrons. The highest BCUT2D eigenvalue weighted by molar-refractivity contribution is 5.86. The average Bonchev–Trinajstić information content (AvgIpc) is 3.35. The Labute approximate surface area is 177 Å². The van der Waals surface area contributed by atoms with Gasteiger partial charge in [0.2, 0.25) is 0 Å². The standard InChI is InChI=1S/C23H23FN6O/c1-13-7-19(28-29-12-14(2)27-21(13)29)15-8-16-11-26-30(22(31)20(16)18(24)9-15)17-3-6-25-23(10-17)4-5-23/h7-9,11-12,17,25H,3-6,10H2,1-2H3/t17-/m0/s1. The number of aryl methyl sites for hydroxylation is 2.